The van der Waals surface area contributed by atoms with E-state index in [9.17, 15) is 13.2 Å². The predicted octanol–water partition coefficient (Wildman–Crippen LogP) is 3.35. The fourth-order valence-electron chi connectivity index (χ4n) is 2.95. The molecule has 1 N–H and O–H groups in total. The molecular weight excluding hydrogens is 400 g/mol. The number of methoxy groups -OCH3 is 2. The molecule has 7 nitrogen and oxygen atoms in total. The van der Waals surface area contributed by atoms with Gasteiger partial charge >= 0.3 is 0 Å². The monoisotopic (exact) mass is 422 g/mol. The van der Waals surface area contributed by atoms with Crippen LogP contribution in [0.3, 0.4) is 0 Å². The largest absolute Gasteiger partial charge is 0.497 e. The Balaban J connectivity index is 2.00. The lowest BCUT2D eigenvalue weighted by Crippen LogP contribution is -2.29. The Labute approximate surface area is 169 Å². The Hall–Kier alpha value is -2.39. The Morgan fingerprint density at radius 1 is 1.14 bits per heavy atom. The molecule has 0 atom stereocenters. The summed E-state index contributed by atoms with van der Waals surface area (Å²) in [4.78, 5) is 14.6. The number of benzene rings is 2. The number of carbonyl (C=O) groups is 1. The lowest BCUT2D eigenvalue weighted by Gasteiger charge is -2.21. The standard InChI is InChI=1S/C19H22N2O5S2/c1-13(22)21-9-4-10-27-19-8-6-15(12-17(19)21)28(23,24)20-16-11-14(25-2)5-7-18(16)26-3/h5-8,11-12,20H,4,9-10H2,1-3H3. The third kappa shape index (κ3) is 4.20. The number of nitrogens with zero attached hydrogens (tertiary/aromatic N) is 1. The van der Waals surface area contributed by atoms with Gasteiger partial charge in [-0.1, -0.05) is 0 Å². The third-order valence-corrected chi connectivity index (χ3v) is 6.86. The van der Waals surface area contributed by atoms with Crippen LogP contribution in [0.2, 0.25) is 0 Å². The summed E-state index contributed by atoms with van der Waals surface area (Å²) in [6, 6.07) is 9.70. The maximum atomic E-state index is 13.0. The van der Waals surface area contributed by atoms with E-state index in [1.807, 2.05) is 0 Å². The van der Waals surface area contributed by atoms with E-state index >= 15 is 0 Å². The molecule has 2 aromatic carbocycles. The van der Waals surface area contributed by atoms with Gasteiger partial charge in [0.05, 0.1) is 30.5 Å². The second-order valence-electron chi connectivity index (χ2n) is 6.17. The van der Waals surface area contributed by atoms with Crippen LogP contribution in [0.4, 0.5) is 11.4 Å². The zero-order valence-corrected chi connectivity index (χ0v) is 17.5. The van der Waals surface area contributed by atoms with E-state index in [1.54, 1.807) is 53.1 Å². The summed E-state index contributed by atoms with van der Waals surface area (Å²) >= 11 is 1.62. The average Bonchev–Trinajstić information content (AvgIpc) is 2.89. The zero-order chi connectivity index (χ0) is 20.3. The molecule has 1 aliphatic heterocycles. The lowest BCUT2D eigenvalue weighted by atomic mass is 10.2. The predicted molar refractivity (Wildman–Crippen MR) is 110 cm³/mol. The van der Waals surface area contributed by atoms with Gasteiger partial charge in [-0.2, -0.15) is 0 Å². The minimum Gasteiger partial charge on any atom is -0.497 e. The number of carbonyl (C=O) groups excluding carboxylic acids is 1. The molecule has 1 heterocycles. The van der Waals surface area contributed by atoms with E-state index in [-0.39, 0.29) is 16.5 Å². The minimum atomic E-state index is -3.90. The summed E-state index contributed by atoms with van der Waals surface area (Å²) in [6.45, 7) is 2.05. The van der Waals surface area contributed by atoms with Gasteiger partial charge in [0, 0.05) is 24.4 Å². The van der Waals surface area contributed by atoms with E-state index in [1.165, 1.54) is 21.1 Å². The second-order valence-corrected chi connectivity index (χ2v) is 8.99. The smallest absolute Gasteiger partial charge is 0.262 e. The first-order valence-corrected chi connectivity index (χ1v) is 11.1. The number of nitrogens with one attached hydrogen (secondary N) is 1. The number of ether oxygens (including phenoxy) is 2. The quantitative estimate of drug-likeness (QED) is 0.795. The summed E-state index contributed by atoms with van der Waals surface area (Å²) in [5.41, 5.74) is 0.894. The van der Waals surface area contributed by atoms with Crippen molar-refractivity contribution in [1.82, 2.24) is 0 Å². The number of sulfonamides is 1. The second kappa shape index (κ2) is 8.32. The molecule has 0 aromatic heterocycles. The van der Waals surface area contributed by atoms with Crippen molar-refractivity contribution in [1.29, 1.82) is 0 Å². The Bertz CT molecular complexity index is 992. The van der Waals surface area contributed by atoms with Gasteiger partial charge in [0.25, 0.3) is 10.0 Å². The third-order valence-electron chi connectivity index (χ3n) is 4.35. The number of amides is 1. The highest BCUT2D eigenvalue weighted by molar-refractivity contribution is 7.99. The maximum absolute atomic E-state index is 13.0. The van der Waals surface area contributed by atoms with Crippen LogP contribution in [0.1, 0.15) is 13.3 Å². The van der Waals surface area contributed by atoms with Crippen LogP contribution >= 0.6 is 11.8 Å². The van der Waals surface area contributed by atoms with E-state index in [0.717, 1.165) is 17.1 Å². The van der Waals surface area contributed by atoms with Gasteiger partial charge in [-0.3, -0.25) is 9.52 Å². The molecule has 9 heteroatoms. The van der Waals surface area contributed by atoms with Crippen molar-refractivity contribution in [3.63, 3.8) is 0 Å². The molecule has 0 spiro atoms. The van der Waals surface area contributed by atoms with Crippen molar-refractivity contribution in [2.24, 2.45) is 0 Å². The Kier molecular flexibility index (Phi) is 6.04. The van der Waals surface area contributed by atoms with Crippen molar-refractivity contribution in [2.75, 3.05) is 36.1 Å². The fourth-order valence-corrected chi connectivity index (χ4v) is 5.00. The number of anilines is 2. The molecule has 2 aromatic rings. The maximum Gasteiger partial charge on any atom is 0.262 e. The Morgan fingerprint density at radius 3 is 2.61 bits per heavy atom. The van der Waals surface area contributed by atoms with Crippen LogP contribution in [0.15, 0.2) is 46.2 Å². The molecule has 0 saturated carbocycles. The van der Waals surface area contributed by atoms with Gasteiger partial charge in [-0.15, -0.1) is 11.8 Å². The van der Waals surface area contributed by atoms with Crippen LogP contribution in [0.5, 0.6) is 11.5 Å². The van der Waals surface area contributed by atoms with E-state index in [4.69, 9.17) is 9.47 Å². The first-order chi connectivity index (χ1) is 13.4. The van der Waals surface area contributed by atoms with Crippen LogP contribution in [-0.2, 0) is 14.8 Å². The first-order valence-electron chi connectivity index (χ1n) is 8.65. The lowest BCUT2D eigenvalue weighted by molar-refractivity contribution is -0.116. The van der Waals surface area contributed by atoms with Crippen LogP contribution in [-0.4, -0.2) is 40.8 Å². The Morgan fingerprint density at radius 2 is 1.93 bits per heavy atom. The van der Waals surface area contributed by atoms with Gasteiger partial charge in [-0.25, -0.2) is 8.42 Å². The van der Waals surface area contributed by atoms with Gasteiger partial charge in [0.2, 0.25) is 5.91 Å². The molecule has 150 valence electrons. The van der Waals surface area contributed by atoms with E-state index in [2.05, 4.69) is 4.72 Å². The van der Waals surface area contributed by atoms with E-state index in [0.29, 0.717) is 23.7 Å². The van der Waals surface area contributed by atoms with Crippen molar-refractivity contribution < 1.29 is 22.7 Å². The summed E-state index contributed by atoms with van der Waals surface area (Å²) in [5, 5.41) is 0. The number of hydrogen-bond donors (Lipinski definition) is 1. The highest BCUT2D eigenvalue weighted by Crippen LogP contribution is 2.37. The highest BCUT2D eigenvalue weighted by atomic mass is 32.2. The topological polar surface area (TPSA) is 84.9 Å². The highest BCUT2D eigenvalue weighted by Gasteiger charge is 2.24. The summed E-state index contributed by atoms with van der Waals surface area (Å²) in [6.07, 6.45) is 0.847. The number of fused-ring (bicyclic) bond motifs is 1. The van der Waals surface area contributed by atoms with Crippen molar-refractivity contribution >= 4 is 39.1 Å². The molecule has 1 aliphatic rings. The van der Waals surface area contributed by atoms with Crippen LogP contribution < -0.4 is 19.1 Å². The van der Waals surface area contributed by atoms with Crippen LogP contribution in [0, 0.1) is 0 Å². The molecule has 3 rings (SSSR count). The fraction of sp³-hybridized carbons (Fsp3) is 0.316. The first kappa shape index (κ1) is 20.3. The SMILES string of the molecule is COc1ccc(OC)c(NS(=O)(=O)c2ccc3c(c2)N(C(C)=O)CCCS3)c1. The summed E-state index contributed by atoms with van der Waals surface area (Å²) < 4.78 is 39.0. The molecule has 28 heavy (non-hydrogen) atoms. The van der Waals surface area contributed by atoms with Gasteiger partial charge in [-0.05, 0) is 42.5 Å². The van der Waals surface area contributed by atoms with Crippen molar-refractivity contribution in [2.45, 2.75) is 23.1 Å². The number of hydrogen-bond acceptors (Lipinski definition) is 6. The summed E-state index contributed by atoms with van der Waals surface area (Å²) in [7, 11) is -0.935. The molecule has 0 bridgehead atoms. The molecule has 0 fully saturated rings. The number of rotatable bonds is 5. The molecular formula is C19H22N2O5S2. The van der Waals surface area contributed by atoms with Gasteiger partial charge < -0.3 is 14.4 Å². The summed E-state index contributed by atoms with van der Waals surface area (Å²) in [5.74, 6) is 1.64. The van der Waals surface area contributed by atoms with Crippen molar-refractivity contribution in [3.8, 4) is 11.5 Å². The minimum absolute atomic E-state index is 0.0740. The van der Waals surface area contributed by atoms with Gasteiger partial charge in [0.15, 0.2) is 0 Å². The molecule has 0 unspecified atom stereocenters. The van der Waals surface area contributed by atoms with E-state index < -0.39 is 10.0 Å². The van der Waals surface area contributed by atoms with Gasteiger partial charge in [0.1, 0.15) is 11.5 Å². The molecule has 0 aliphatic carbocycles. The van der Waals surface area contributed by atoms with Crippen molar-refractivity contribution in [3.05, 3.63) is 36.4 Å². The molecule has 0 saturated heterocycles. The zero-order valence-electron chi connectivity index (χ0n) is 15.9. The molecule has 1 amide bonds. The number of thioether (sulfide) groups is 1. The average molecular weight is 423 g/mol. The normalized spacial score (nSPS) is 14.0. The molecule has 0 radical (unpaired) electrons. The van der Waals surface area contributed by atoms with Crippen LogP contribution in [0.25, 0.3) is 0 Å².